The Balaban J connectivity index is -0.000000247. The molecule has 1 amide bonds. The molecule has 1 saturated heterocycles. The van der Waals surface area contributed by atoms with Crippen molar-refractivity contribution in [2.45, 2.75) is 47.0 Å². The number of piperidine rings is 1. The molecule has 1 heterocycles. The van der Waals surface area contributed by atoms with Gasteiger partial charge in [-0.25, -0.2) is 0 Å². The maximum Gasteiger partial charge on any atom is 0.0864 e. The minimum Gasteiger partial charge on any atom is -0.343 e. The Morgan fingerprint density at radius 2 is 1.94 bits per heavy atom. The van der Waals surface area contributed by atoms with Gasteiger partial charge < -0.3 is 23.5 Å². The fraction of sp³-hybridized carbons (Fsp3) is 0.643. The number of carbonyl (C=O) groups is 1. The van der Waals surface area contributed by atoms with Crippen LogP contribution < -0.4 is 0 Å². The largest absolute Gasteiger partial charge is 0.343 e. The van der Waals surface area contributed by atoms with E-state index in [1.807, 2.05) is 0 Å². The topological polar surface area (TPSA) is 20.3 Å². The Kier molecular flexibility index (Phi) is 16.6. The summed E-state index contributed by atoms with van der Waals surface area (Å²) in [7, 11) is 0. The Hall–Kier alpha value is 0.184. The van der Waals surface area contributed by atoms with Crippen LogP contribution in [-0.4, -0.2) is 17.4 Å². The first-order chi connectivity index (χ1) is 6.99. The molecule has 2 nitrogen and oxygen atoms in total. The molecular formula is C14H27NOY-2. The molecule has 1 fully saturated rings. The molecule has 1 radical (unpaired) electrons. The summed E-state index contributed by atoms with van der Waals surface area (Å²) in [5, 5.41) is 0. The second kappa shape index (κ2) is 12.6. The predicted octanol–water partition coefficient (Wildman–Crippen LogP) is 3.85. The first-order valence-corrected chi connectivity index (χ1v) is 5.59. The average molecular weight is 314 g/mol. The van der Waals surface area contributed by atoms with E-state index in [4.69, 9.17) is 0 Å². The Bertz CT molecular complexity index is 214. The molecule has 0 bridgehead atoms. The van der Waals surface area contributed by atoms with Crippen molar-refractivity contribution < 1.29 is 37.5 Å². The van der Waals surface area contributed by atoms with Gasteiger partial charge in [-0.1, -0.05) is 33.8 Å². The summed E-state index contributed by atoms with van der Waals surface area (Å²) in [5.41, 5.74) is 0.922. The van der Waals surface area contributed by atoms with E-state index in [-0.39, 0.29) is 46.0 Å². The third kappa shape index (κ3) is 11.0. The zero-order valence-corrected chi connectivity index (χ0v) is 13.5. The van der Waals surface area contributed by atoms with Crippen LogP contribution in [-0.2, 0) is 37.5 Å². The molecule has 17 heavy (non-hydrogen) atoms. The smallest absolute Gasteiger partial charge is 0.0864 e. The quantitative estimate of drug-likeness (QED) is 0.673. The maximum absolute atomic E-state index is 10.8. The van der Waals surface area contributed by atoms with Crippen LogP contribution in [0, 0.1) is 19.8 Å². The summed E-state index contributed by atoms with van der Waals surface area (Å²) in [6, 6.07) is 0. The Labute approximate surface area is 133 Å². The van der Waals surface area contributed by atoms with E-state index in [9.17, 15) is 4.79 Å². The molecule has 0 unspecified atom stereocenters. The number of likely N-dealkylation sites (tertiary alicyclic amines) is 1. The van der Waals surface area contributed by atoms with Crippen molar-refractivity contribution in [1.29, 1.82) is 0 Å². The van der Waals surface area contributed by atoms with Gasteiger partial charge in [-0.2, -0.15) is 6.42 Å². The van der Waals surface area contributed by atoms with Gasteiger partial charge in [0.15, 0.2) is 0 Å². The second-order valence-electron chi connectivity index (χ2n) is 4.25. The fourth-order valence-electron chi connectivity index (χ4n) is 1.19. The summed E-state index contributed by atoms with van der Waals surface area (Å²) >= 11 is 0. The molecule has 0 spiro atoms. The van der Waals surface area contributed by atoms with Crippen LogP contribution >= 0.6 is 0 Å². The molecule has 3 heteroatoms. The molecule has 0 saturated carbocycles. The summed E-state index contributed by atoms with van der Waals surface area (Å²) in [6.07, 6.45) is 4.24. The molecule has 0 aromatic carbocycles. The van der Waals surface area contributed by atoms with Crippen molar-refractivity contribution in [3.8, 4) is 0 Å². The van der Waals surface area contributed by atoms with Crippen molar-refractivity contribution in [2.75, 3.05) is 6.54 Å². The second-order valence-corrected chi connectivity index (χ2v) is 4.25. The predicted molar refractivity (Wildman–Crippen MR) is 71.6 cm³/mol. The first kappa shape index (κ1) is 22.4. The van der Waals surface area contributed by atoms with Gasteiger partial charge in [0.25, 0.3) is 0 Å². The number of rotatable bonds is 1. The Morgan fingerprint density at radius 1 is 1.47 bits per heavy atom. The van der Waals surface area contributed by atoms with Crippen LogP contribution in [0.25, 0.3) is 0 Å². The van der Waals surface area contributed by atoms with Crippen molar-refractivity contribution in [1.82, 2.24) is 4.90 Å². The van der Waals surface area contributed by atoms with Gasteiger partial charge in [0.05, 0.1) is 5.91 Å². The SMILES string of the molecule is C.C=C1CCCCN1C([CH2-])=O.[CH2-]CC(C)C.[Y]. The van der Waals surface area contributed by atoms with E-state index in [0.717, 1.165) is 43.8 Å². The first-order valence-electron chi connectivity index (χ1n) is 5.59. The molecule has 1 aliphatic heterocycles. The summed E-state index contributed by atoms with van der Waals surface area (Å²) in [4.78, 5) is 12.4. The van der Waals surface area contributed by atoms with E-state index >= 15 is 0 Å². The monoisotopic (exact) mass is 314 g/mol. The van der Waals surface area contributed by atoms with Gasteiger partial charge in [0.1, 0.15) is 0 Å². The van der Waals surface area contributed by atoms with Gasteiger partial charge in [-0.3, -0.25) is 0 Å². The van der Waals surface area contributed by atoms with Crippen LogP contribution in [0.5, 0.6) is 0 Å². The number of allylic oxidation sites excluding steroid dienone is 1. The van der Waals surface area contributed by atoms with Crippen LogP contribution in [0.3, 0.4) is 0 Å². The molecule has 1 aliphatic rings. The van der Waals surface area contributed by atoms with Crippen molar-refractivity contribution in [3.63, 3.8) is 0 Å². The van der Waals surface area contributed by atoms with Crippen molar-refractivity contribution in [3.05, 3.63) is 26.1 Å². The minimum atomic E-state index is -0.121. The van der Waals surface area contributed by atoms with E-state index in [2.05, 4.69) is 34.3 Å². The van der Waals surface area contributed by atoms with Crippen LogP contribution in [0.4, 0.5) is 0 Å². The van der Waals surface area contributed by atoms with Gasteiger partial charge in [-0.15, -0.1) is 0 Å². The molecular weight excluding hydrogens is 287 g/mol. The van der Waals surface area contributed by atoms with Gasteiger partial charge >= 0.3 is 0 Å². The maximum atomic E-state index is 10.8. The third-order valence-corrected chi connectivity index (χ3v) is 2.36. The number of carbonyl (C=O) groups excluding carboxylic acids is 1. The third-order valence-electron chi connectivity index (χ3n) is 2.36. The summed E-state index contributed by atoms with van der Waals surface area (Å²) in [6.45, 7) is 15.9. The van der Waals surface area contributed by atoms with Crippen molar-refractivity contribution in [2.24, 2.45) is 5.92 Å². The van der Waals surface area contributed by atoms with E-state index in [1.54, 1.807) is 4.90 Å². The number of amides is 1. The molecule has 0 aromatic heterocycles. The molecule has 0 N–H and O–H groups in total. The van der Waals surface area contributed by atoms with Gasteiger partial charge in [0.2, 0.25) is 0 Å². The standard InChI is InChI=1S/C8H12NO.C5H11.CH4.Y/c1-7-5-3-4-6-9(7)8(2)10;1-4-5(2)3;;/h1-6H2;5H,1,4H2,2-3H3;1H4;/q2*-1;;. The zero-order valence-electron chi connectivity index (χ0n) is 10.7. The summed E-state index contributed by atoms with van der Waals surface area (Å²) < 4.78 is 0. The number of hydrogen-bond acceptors (Lipinski definition) is 1. The molecule has 0 aliphatic carbocycles. The molecule has 0 atom stereocenters. The molecule has 99 valence electrons. The average Bonchev–Trinajstić information content (AvgIpc) is 2.19. The van der Waals surface area contributed by atoms with E-state index < -0.39 is 0 Å². The van der Waals surface area contributed by atoms with Crippen molar-refractivity contribution >= 4 is 5.91 Å². The molecule has 0 aromatic rings. The fourth-order valence-corrected chi connectivity index (χ4v) is 1.19. The van der Waals surface area contributed by atoms with E-state index in [0.29, 0.717) is 0 Å². The summed E-state index contributed by atoms with van der Waals surface area (Å²) in [5.74, 6) is 0.653. The normalized spacial score (nSPS) is 14.1. The number of hydrogen-bond donors (Lipinski definition) is 0. The van der Waals surface area contributed by atoms with Gasteiger partial charge in [-0.05, 0) is 19.3 Å². The van der Waals surface area contributed by atoms with Crippen LogP contribution in [0.1, 0.15) is 47.0 Å². The minimum absolute atomic E-state index is 0. The van der Waals surface area contributed by atoms with Gasteiger partial charge in [0, 0.05) is 45.0 Å². The van der Waals surface area contributed by atoms with Crippen LogP contribution in [0.15, 0.2) is 12.3 Å². The van der Waals surface area contributed by atoms with E-state index in [1.165, 1.54) is 0 Å². The number of nitrogens with zero attached hydrogens (tertiary/aromatic N) is 1. The van der Waals surface area contributed by atoms with Crippen LogP contribution in [0.2, 0.25) is 0 Å². The zero-order chi connectivity index (χ0) is 11.8. The Morgan fingerprint density at radius 3 is 2.18 bits per heavy atom. The molecule has 1 rings (SSSR count).